The van der Waals surface area contributed by atoms with Crippen molar-refractivity contribution in [2.45, 2.75) is 26.3 Å². The van der Waals surface area contributed by atoms with Gasteiger partial charge in [-0.05, 0) is 38.1 Å². The van der Waals surface area contributed by atoms with Gasteiger partial charge in [-0.25, -0.2) is 0 Å². The first kappa shape index (κ1) is 14.5. The van der Waals surface area contributed by atoms with Gasteiger partial charge >= 0.3 is 0 Å². The van der Waals surface area contributed by atoms with E-state index in [1.54, 1.807) is 6.20 Å². The van der Waals surface area contributed by atoms with Gasteiger partial charge in [-0.1, -0.05) is 6.92 Å². The molecule has 0 radical (unpaired) electrons. The number of hydrogen-bond acceptors (Lipinski definition) is 4. The van der Waals surface area contributed by atoms with Gasteiger partial charge < -0.3 is 10.1 Å². The topological polar surface area (TPSA) is 52.0 Å². The van der Waals surface area contributed by atoms with Crippen LogP contribution >= 0.6 is 0 Å². The molecular formula is C15H22N4O. The van der Waals surface area contributed by atoms with Crippen LogP contribution in [0.5, 0.6) is 5.75 Å². The van der Waals surface area contributed by atoms with Crippen LogP contribution in [0, 0.1) is 6.92 Å². The van der Waals surface area contributed by atoms with E-state index in [0.29, 0.717) is 6.61 Å². The highest BCUT2D eigenvalue weighted by molar-refractivity contribution is 5.32. The highest BCUT2D eigenvalue weighted by Crippen LogP contribution is 2.24. The molecule has 5 nitrogen and oxygen atoms in total. The average Bonchev–Trinajstić information content (AvgIpc) is 2.77. The Bertz CT molecular complexity index is 565. The van der Waals surface area contributed by atoms with Gasteiger partial charge in [0.15, 0.2) is 0 Å². The molecule has 0 spiro atoms. The Morgan fingerprint density at radius 3 is 2.75 bits per heavy atom. The summed E-state index contributed by atoms with van der Waals surface area (Å²) in [6, 6.07) is 4.17. The first-order valence-electron chi connectivity index (χ1n) is 6.91. The van der Waals surface area contributed by atoms with Gasteiger partial charge in [0, 0.05) is 13.2 Å². The third-order valence-electron chi connectivity index (χ3n) is 3.16. The molecule has 2 heterocycles. The Morgan fingerprint density at radius 1 is 1.35 bits per heavy atom. The number of pyridine rings is 1. The van der Waals surface area contributed by atoms with Gasteiger partial charge in [-0.2, -0.15) is 5.10 Å². The van der Waals surface area contributed by atoms with E-state index < -0.39 is 0 Å². The fraction of sp³-hybridized carbons (Fsp3) is 0.467. The van der Waals surface area contributed by atoms with Gasteiger partial charge in [0.2, 0.25) is 0 Å². The Balaban J connectivity index is 2.29. The van der Waals surface area contributed by atoms with Crippen molar-refractivity contribution < 1.29 is 4.74 Å². The molecule has 108 valence electrons. The maximum Gasteiger partial charge on any atom is 0.137 e. The minimum atomic E-state index is 0.0545. The summed E-state index contributed by atoms with van der Waals surface area (Å²) in [5, 5.41) is 7.72. The van der Waals surface area contributed by atoms with E-state index in [9.17, 15) is 0 Å². The molecule has 1 atom stereocenters. The number of nitrogens with zero attached hydrogens (tertiary/aromatic N) is 3. The standard InChI is InChI=1S/C15H22N4O/c1-5-6-20-13-8-12(9-17-10-13)15(16-3)14-7-11(2)18-19(14)4/h7-10,15-16H,5-6H2,1-4H3. The monoisotopic (exact) mass is 274 g/mol. The van der Waals surface area contributed by atoms with Gasteiger partial charge in [-0.3, -0.25) is 9.67 Å². The summed E-state index contributed by atoms with van der Waals surface area (Å²) in [5.74, 6) is 0.809. The number of hydrogen-bond donors (Lipinski definition) is 1. The van der Waals surface area contributed by atoms with Gasteiger partial charge in [0.25, 0.3) is 0 Å². The molecule has 1 N–H and O–H groups in total. The third kappa shape index (κ3) is 3.17. The lowest BCUT2D eigenvalue weighted by Crippen LogP contribution is -2.20. The summed E-state index contributed by atoms with van der Waals surface area (Å²) in [5.41, 5.74) is 3.19. The quantitative estimate of drug-likeness (QED) is 0.877. The number of rotatable bonds is 6. The van der Waals surface area contributed by atoms with Crippen LogP contribution in [-0.2, 0) is 7.05 Å². The number of aryl methyl sites for hydroxylation is 2. The third-order valence-corrected chi connectivity index (χ3v) is 3.16. The lowest BCUT2D eigenvalue weighted by molar-refractivity contribution is 0.315. The van der Waals surface area contributed by atoms with Crippen LogP contribution < -0.4 is 10.1 Å². The smallest absolute Gasteiger partial charge is 0.137 e. The van der Waals surface area contributed by atoms with Crippen molar-refractivity contribution in [1.29, 1.82) is 0 Å². The van der Waals surface area contributed by atoms with Crippen molar-refractivity contribution in [3.05, 3.63) is 41.5 Å². The molecule has 20 heavy (non-hydrogen) atoms. The normalized spacial score (nSPS) is 12.4. The summed E-state index contributed by atoms with van der Waals surface area (Å²) >= 11 is 0. The minimum absolute atomic E-state index is 0.0545. The zero-order valence-corrected chi connectivity index (χ0v) is 12.6. The molecule has 5 heteroatoms. The molecule has 2 rings (SSSR count). The first-order chi connectivity index (χ1) is 9.65. The second kappa shape index (κ2) is 6.52. The molecule has 0 amide bonds. The van der Waals surface area contributed by atoms with E-state index in [2.05, 4.69) is 28.4 Å². The van der Waals surface area contributed by atoms with E-state index in [0.717, 1.165) is 29.1 Å². The summed E-state index contributed by atoms with van der Waals surface area (Å²) in [7, 11) is 3.89. The minimum Gasteiger partial charge on any atom is -0.492 e. The van der Waals surface area contributed by atoms with Crippen LogP contribution in [0.15, 0.2) is 24.5 Å². The van der Waals surface area contributed by atoms with E-state index >= 15 is 0 Å². The predicted octanol–water partition coefficient (Wildman–Crippen LogP) is 2.22. The van der Waals surface area contributed by atoms with Crippen LogP contribution in [0.2, 0.25) is 0 Å². The molecule has 2 aromatic heterocycles. The maximum absolute atomic E-state index is 5.65. The molecule has 0 aliphatic rings. The second-order valence-corrected chi connectivity index (χ2v) is 4.86. The van der Waals surface area contributed by atoms with Crippen LogP contribution in [0.4, 0.5) is 0 Å². The summed E-state index contributed by atoms with van der Waals surface area (Å²) in [4.78, 5) is 4.27. The van der Waals surface area contributed by atoms with Gasteiger partial charge in [0.1, 0.15) is 5.75 Å². The first-order valence-corrected chi connectivity index (χ1v) is 6.91. The van der Waals surface area contributed by atoms with Crippen LogP contribution in [0.1, 0.15) is 36.3 Å². The highest BCUT2D eigenvalue weighted by Gasteiger charge is 2.17. The van der Waals surface area contributed by atoms with Crippen LogP contribution in [0.3, 0.4) is 0 Å². The fourth-order valence-corrected chi connectivity index (χ4v) is 2.28. The zero-order valence-electron chi connectivity index (χ0n) is 12.6. The zero-order chi connectivity index (χ0) is 14.5. The SMILES string of the molecule is CCCOc1cncc(C(NC)c2cc(C)nn2C)c1. The molecule has 0 fully saturated rings. The molecule has 0 aliphatic heterocycles. The number of aromatic nitrogens is 3. The van der Waals surface area contributed by atoms with Crippen molar-refractivity contribution in [1.82, 2.24) is 20.1 Å². The van der Waals surface area contributed by atoms with Crippen molar-refractivity contribution in [2.75, 3.05) is 13.7 Å². The molecule has 0 aliphatic carbocycles. The van der Waals surface area contributed by atoms with E-state index in [1.165, 1.54) is 0 Å². The maximum atomic E-state index is 5.65. The highest BCUT2D eigenvalue weighted by atomic mass is 16.5. The van der Waals surface area contributed by atoms with E-state index in [4.69, 9.17) is 4.74 Å². The summed E-state index contributed by atoms with van der Waals surface area (Å²) in [6.07, 6.45) is 4.60. The van der Waals surface area contributed by atoms with Crippen LogP contribution in [0.25, 0.3) is 0 Å². The summed E-state index contributed by atoms with van der Waals surface area (Å²) in [6.45, 7) is 4.79. The van der Waals surface area contributed by atoms with Crippen molar-refractivity contribution >= 4 is 0 Å². The van der Waals surface area contributed by atoms with E-state index in [-0.39, 0.29) is 6.04 Å². The molecule has 0 saturated heterocycles. The van der Waals surface area contributed by atoms with Gasteiger partial charge in [-0.15, -0.1) is 0 Å². The summed E-state index contributed by atoms with van der Waals surface area (Å²) < 4.78 is 7.55. The fourth-order valence-electron chi connectivity index (χ4n) is 2.28. The molecular weight excluding hydrogens is 252 g/mol. The Kier molecular flexibility index (Phi) is 4.74. The average molecular weight is 274 g/mol. The molecule has 1 unspecified atom stereocenters. The Hall–Kier alpha value is -1.88. The predicted molar refractivity (Wildman–Crippen MR) is 78.9 cm³/mol. The largest absolute Gasteiger partial charge is 0.492 e. The number of ether oxygens (including phenoxy) is 1. The molecule has 0 aromatic carbocycles. The number of nitrogens with one attached hydrogen (secondary N) is 1. The second-order valence-electron chi connectivity index (χ2n) is 4.86. The van der Waals surface area contributed by atoms with Crippen molar-refractivity contribution in [3.8, 4) is 5.75 Å². The van der Waals surface area contributed by atoms with Gasteiger partial charge in [0.05, 0.1) is 30.2 Å². The van der Waals surface area contributed by atoms with Crippen molar-refractivity contribution in [2.24, 2.45) is 7.05 Å². The Labute approximate surface area is 120 Å². The van der Waals surface area contributed by atoms with E-state index in [1.807, 2.05) is 38.0 Å². The molecule has 0 bridgehead atoms. The lowest BCUT2D eigenvalue weighted by atomic mass is 10.1. The molecule has 2 aromatic rings. The van der Waals surface area contributed by atoms with Crippen LogP contribution in [-0.4, -0.2) is 28.4 Å². The van der Waals surface area contributed by atoms with Crippen molar-refractivity contribution in [3.63, 3.8) is 0 Å². The lowest BCUT2D eigenvalue weighted by Gasteiger charge is -2.17. The molecule has 0 saturated carbocycles. The Morgan fingerprint density at radius 2 is 2.15 bits per heavy atom.